The average molecular weight is 379 g/mol. The van der Waals surface area contributed by atoms with Crippen molar-refractivity contribution in [1.82, 2.24) is 14.5 Å². The van der Waals surface area contributed by atoms with E-state index in [4.69, 9.17) is 4.74 Å². The number of H-pyrrole nitrogens is 1. The number of pyridine rings is 1. The first-order valence-electron chi connectivity index (χ1n) is 8.89. The number of nitrogens with zero attached hydrogens (tertiary/aromatic N) is 2. The number of nitrogens with one attached hydrogen (secondary N) is 1. The maximum absolute atomic E-state index is 12.6. The van der Waals surface area contributed by atoms with Crippen molar-refractivity contribution in [2.24, 2.45) is 0 Å². The summed E-state index contributed by atoms with van der Waals surface area (Å²) in [5.74, 6) is 0.374. The minimum absolute atomic E-state index is 0.169. The van der Waals surface area contributed by atoms with Gasteiger partial charge >= 0.3 is 5.69 Å². The Kier molecular flexibility index (Phi) is 5.54. The van der Waals surface area contributed by atoms with Gasteiger partial charge in [0.15, 0.2) is 0 Å². The van der Waals surface area contributed by atoms with Gasteiger partial charge in [0.1, 0.15) is 12.0 Å². The van der Waals surface area contributed by atoms with Crippen molar-refractivity contribution >= 4 is 6.29 Å². The molecule has 1 aromatic carbocycles. The molecule has 144 valence electrons. The summed E-state index contributed by atoms with van der Waals surface area (Å²) >= 11 is 0. The highest BCUT2D eigenvalue weighted by molar-refractivity contribution is 5.76. The Bertz CT molecular complexity index is 1110. The number of carbonyl (C=O) groups excluding carboxylic acids is 1. The van der Waals surface area contributed by atoms with Gasteiger partial charge in [-0.3, -0.25) is 24.1 Å². The lowest BCUT2D eigenvalue weighted by Gasteiger charge is -2.18. The number of aryl methyl sites for hydroxylation is 1. The van der Waals surface area contributed by atoms with Gasteiger partial charge in [-0.05, 0) is 54.3 Å². The number of ether oxygens (including phenoxy) is 1. The van der Waals surface area contributed by atoms with Gasteiger partial charge in [0.05, 0.1) is 12.1 Å². The first-order valence-corrected chi connectivity index (χ1v) is 8.89. The van der Waals surface area contributed by atoms with E-state index in [0.717, 1.165) is 17.4 Å². The van der Waals surface area contributed by atoms with Crippen LogP contribution in [0.1, 0.15) is 46.8 Å². The largest absolute Gasteiger partial charge is 0.440 e. The van der Waals surface area contributed by atoms with Gasteiger partial charge in [0.25, 0.3) is 5.56 Å². The molecule has 28 heavy (non-hydrogen) atoms. The van der Waals surface area contributed by atoms with Crippen molar-refractivity contribution in [2.45, 2.75) is 33.2 Å². The third-order valence-electron chi connectivity index (χ3n) is 4.28. The monoisotopic (exact) mass is 379 g/mol. The zero-order valence-corrected chi connectivity index (χ0v) is 15.9. The Morgan fingerprint density at radius 2 is 1.89 bits per heavy atom. The molecule has 0 aliphatic heterocycles. The molecule has 0 aliphatic rings. The van der Waals surface area contributed by atoms with Crippen molar-refractivity contribution in [3.05, 3.63) is 85.8 Å². The molecule has 0 spiro atoms. The van der Waals surface area contributed by atoms with Crippen LogP contribution >= 0.6 is 0 Å². The summed E-state index contributed by atoms with van der Waals surface area (Å²) < 4.78 is 7.41. The van der Waals surface area contributed by atoms with Crippen molar-refractivity contribution in [3.8, 4) is 11.6 Å². The highest BCUT2D eigenvalue weighted by Crippen LogP contribution is 2.28. The van der Waals surface area contributed by atoms with Gasteiger partial charge < -0.3 is 4.74 Å². The molecule has 3 rings (SSSR count). The van der Waals surface area contributed by atoms with E-state index in [9.17, 15) is 14.4 Å². The number of hydrogen-bond acceptors (Lipinski definition) is 5. The first kappa shape index (κ1) is 19.3. The molecule has 0 unspecified atom stereocenters. The van der Waals surface area contributed by atoms with Gasteiger partial charge in [-0.15, -0.1) is 0 Å². The van der Waals surface area contributed by atoms with Crippen LogP contribution in [0.15, 0.2) is 52.3 Å². The molecular formula is C21H21N3O4. The zero-order chi connectivity index (χ0) is 20.3. The fourth-order valence-corrected chi connectivity index (χ4v) is 3.02. The number of aromatic amines is 1. The molecule has 0 saturated carbocycles. The summed E-state index contributed by atoms with van der Waals surface area (Å²) in [5.41, 5.74) is 1.44. The van der Waals surface area contributed by atoms with E-state index in [2.05, 4.69) is 9.97 Å². The van der Waals surface area contributed by atoms with Crippen molar-refractivity contribution < 1.29 is 9.53 Å². The predicted molar refractivity (Wildman–Crippen MR) is 105 cm³/mol. The van der Waals surface area contributed by atoms with Crippen molar-refractivity contribution in [3.63, 3.8) is 0 Å². The molecule has 2 aromatic heterocycles. The Hall–Kier alpha value is -3.48. The van der Waals surface area contributed by atoms with Crippen LogP contribution in [-0.4, -0.2) is 20.8 Å². The molecule has 7 heteroatoms. The molecule has 0 atom stereocenters. The van der Waals surface area contributed by atoms with Crippen LogP contribution in [0.5, 0.6) is 11.6 Å². The number of aromatic nitrogens is 3. The summed E-state index contributed by atoms with van der Waals surface area (Å²) in [6.45, 7) is 5.75. The molecule has 0 amide bonds. The number of rotatable bonds is 6. The van der Waals surface area contributed by atoms with E-state index in [1.165, 1.54) is 4.57 Å². The normalized spacial score (nSPS) is 10.9. The Labute approximate surface area is 161 Å². The lowest BCUT2D eigenvalue weighted by molar-refractivity contribution is 0.112. The van der Waals surface area contributed by atoms with Crippen LogP contribution in [0.25, 0.3) is 0 Å². The molecule has 7 nitrogen and oxygen atoms in total. The fraction of sp³-hybridized carbons (Fsp3) is 0.238. The predicted octanol–water partition coefficient (Wildman–Crippen LogP) is 3.02. The number of carbonyl (C=O) groups is 1. The summed E-state index contributed by atoms with van der Waals surface area (Å²) in [6.07, 6.45) is 3.99. The minimum Gasteiger partial charge on any atom is -0.440 e. The van der Waals surface area contributed by atoms with Crippen LogP contribution < -0.4 is 16.0 Å². The van der Waals surface area contributed by atoms with E-state index < -0.39 is 11.2 Å². The molecular weight excluding hydrogens is 358 g/mol. The second-order valence-corrected chi connectivity index (χ2v) is 6.87. The fourth-order valence-electron chi connectivity index (χ4n) is 3.02. The number of benzene rings is 1. The molecule has 0 aliphatic carbocycles. The molecule has 0 bridgehead atoms. The van der Waals surface area contributed by atoms with Crippen LogP contribution in [0.3, 0.4) is 0 Å². The van der Waals surface area contributed by atoms with Crippen LogP contribution in [0.2, 0.25) is 0 Å². The molecule has 3 aromatic rings. The topological polar surface area (TPSA) is 94.0 Å². The molecule has 0 saturated heterocycles. The highest BCUT2D eigenvalue weighted by Gasteiger charge is 2.20. The highest BCUT2D eigenvalue weighted by atomic mass is 16.5. The maximum atomic E-state index is 12.6. The molecule has 1 N–H and O–H groups in total. The lowest BCUT2D eigenvalue weighted by atomic mass is 10.1. The average Bonchev–Trinajstić information content (AvgIpc) is 2.64. The Balaban J connectivity index is 2.19. The van der Waals surface area contributed by atoms with Crippen LogP contribution in [-0.2, 0) is 6.54 Å². The molecule has 2 heterocycles. The van der Waals surface area contributed by atoms with E-state index >= 15 is 0 Å². The van der Waals surface area contributed by atoms with E-state index in [1.807, 2.05) is 20.8 Å². The SMILES string of the molecule is Cc1cc(C=O)cc(Oc2c(C(C)C)c(=O)[nH]c(=O)n2Cc2ccncc2)c1. The smallest absolute Gasteiger partial charge is 0.331 e. The Morgan fingerprint density at radius 1 is 1.18 bits per heavy atom. The lowest BCUT2D eigenvalue weighted by Crippen LogP contribution is -2.34. The van der Waals surface area contributed by atoms with Gasteiger partial charge in [-0.1, -0.05) is 13.8 Å². The maximum Gasteiger partial charge on any atom is 0.331 e. The van der Waals surface area contributed by atoms with Crippen molar-refractivity contribution in [2.75, 3.05) is 0 Å². The number of aldehydes is 1. The summed E-state index contributed by atoms with van der Waals surface area (Å²) in [7, 11) is 0. The van der Waals surface area contributed by atoms with Gasteiger partial charge in [0, 0.05) is 18.0 Å². The van der Waals surface area contributed by atoms with E-state index in [1.54, 1.807) is 42.7 Å². The van der Waals surface area contributed by atoms with Gasteiger partial charge in [-0.25, -0.2) is 4.79 Å². The van der Waals surface area contributed by atoms with Gasteiger partial charge in [0.2, 0.25) is 5.88 Å². The number of hydrogen-bond donors (Lipinski definition) is 1. The second kappa shape index (κ2) is 8.04. The van der Waals surface area contributed by atoms with Crippen LogP contribution in [0, 0.1) is 6.92 Å². The van der Waals surface area contributed by atoms with Crippen LogP contribution in [0.4, 0.5) is 0 Å². The summed E-state index contributed by atoms with van der Waals surface area (Å²) in [5, 5.41) is 0. The molecule has 0 radical (unpaired) electrons. The molecule has 0 fully saturated rings. The summed E-state index contributed by atoms with van der Waals surface area (Å²) in [4.78, 5) is 42.6. The minimum atomic E-state index is -0.565. The quantitative estimate of drug-likeness (QED) is 0.665. The second-order valence-electron chi connectivity index (χ2n) is 6.87. The zero-order valence-electron chi connectivity index (χ0n) is 15.9. The standard InChI is InChI=1S/C21H21N3O4/c1-13(2)18-19(26)23-21(27)24(11-15-4-6-22-7-5-15)20(18)28-17-9-14(3)8-16(10-17)12-25/h4-10,12-13H,11H2,1-3H3,(H,23,26,27). The Morgan fingerprint density at radius 3 is 2.54 bits per heavy atom. The van der Waals surface area contributed by atoms with E-state index in [0.29, 0.717) is 16.9 Å². The van der Waals surface area contributed by atoms with Gasteiger partial charge in [-0.2, -0.15) is 0 Å². The third-order valence-corrected chi connectivity index (χ3v) is 4.28. The summed E-state index contributed by atoms with van der Waals surface area (Å²) in [6, 6.07) is 8.62. The third kappa shape index (κ3) is 4.09. The van der Waals surface area contributed by atoms with E-state index in [-0.39, 0.29) is 18.3 Å². The first-order chi connectivity index (χ1) is 13.4. The van der Waals surface area contributed by atoms with Crippen molar-refractivity contribution in [1.29, 1.82) is 0 Å².